The summed E-state index contributed by atoms with van der Waals surface area (Å²) in [6.45, 7) is 1.52. The first-order valence-electron chi connectivity index (χ1n) is 20.9. The van der Waals surface area contributed by atoms with Crippen LogP contribution in [0.3, 0.4) is 0 Å². The second kappa shape index (κ2) is 20.2. The molecule has 3 N–H and O–H groups in total. The molecule has 1 aliphatic carbocycles. The molecule has 1 aliphatic rings. The molecule has 1 fully saturated rings. The van der Waals surface area contributed by atoms with Gasteiger partial charge in [0, 0.05) is 62.5 Å². The number of carbonyl (C=O) groups is 5. The fourth-order valence-corrected chi connectivity index (χ4v) is 7.62. The molecule has 0 radical (unpaired) electrons. The molecule has 1 saturated carbocycles. The molecular weight excluding hydrogens is 854 g/mol. The number of aryl methyl sites for hydroxylation is 3. The molecule has 65 heavy (non-hydrogen) atoms. The van der Waals surface area contributed by atoms with Crippen LogP contribution < -0.4 is 16.7 Å². The van der Waals surface area contributed by atoms with Crippen molar-refractivity contribution in [3.8, 4) is 17.1 Å². The van der Waals surface area contributed by atoms with E-state index >= 15 is 0 Å². The largest absolute Gasteiger partial charge is 0.444 e. The van der Waals surface area contributed by atoms with Gasteiger partial charge < -0.3 is 24.9 Å². The first-order chi connectivity index (χ1) is 31.2. The zero-order valence-electron chi connectivity index (χ0n) is 35.3. The van der Waals surface area contributed by atoms with E-state index in [9.17, 15) is 41.9 Å². The number of hydrogen-bond acceptors (Lipinski definition) is 12. The second-order valence-electron chi connectivity index (χ2n) is 15.5. The number of ketones is 3. The van der Waals surface area contributed by atoms with E-state index in [1.165, 1.54) is 33.8 Å². The van der Waals surface area contributed by atoms with Crippen LogP contribution >= 0.6 is 0 Å². The van der Waals surface area contributed by atoms with Crippen molar-refractivity contribution < 1.29 is 51.0 Å². The van der Waals surface area contributed by atoms with Gasteiger partial charge in [-0.3, -0.25) is 38.1 Å². The second-order valence-corrected chi connectivity index (χ2v) is 15.5. The van der Waals surface area contributed by atoms with Crippen LogP contribution in [0.1, 0.15) is 93.6 Å². The number of anilines is 1. The fraction of sp³-hybridized carbons (Fsp3) is 0.356. The molecular formula is C45H45F3N8O9. The molecule has 0 bridgehead atoms. The third-order valence-corrected chi connectivity index (χ3v) is 10.9. The number of oxazole rings is 1. The third kappa shape index (κ3) is 11.2. The summed E-state index contributed by atoms with van der Waals surface area (Å²) in [6, 6.07) is 14.3. The van der Waals surface area contributed by atoms with Crippen LogP contribution in [0.2, 0.25) is 0 Å². The lowest BCUT2D eigenvalue weighted by Crippen LogP contribution is -2.34. The van der Waals surface area contributed by atoms with E-state index in [0.717, 1.165) is 17.3 Å². The topological polar surface area (TPSA) is 226 Å². The fourth-order valence-electron chi connectivity index (χ4n) is 7.62. The monoisotopic (exact) mass is 898 g/mol. The molecule has 6 aromatic rings. The molecule has 2 amide bonds. The molecule has 4 heterocycles. The maximum absolute atomic E-state index is 13.2. The van der Waals surface area contributed by atoms with Gasteiger partial charge in [0.1, 0.15) is 12.0 Å². The number of nitrogens with two attached hydrogens (primary N) is 1. The van der Waals surface area contributed by atoms with Gasteiger partial charge in [0.15, 0.2) is 23.0 Å². The van der Waals surface area contributed by atoms with Gasteiger partial charge in [0.05, 0.1) is 54.3 Å². The van der Waals surface area contributed by atoms with Gasteiger partial charge >= 0.3 is 11.9 Å². The highest BCUT2D eigenvalue weighted by atomic mass is 19.4. The molecule has 17 nitrogen and oxygen atoms in total. The molecule has 20 heteroatoms. The maximum Gasteiger partial charge on any atom is 0.389 e. The van der Waals surface area contributed by atoms with Gasteiger partial charge in [-0.25, -0.2) is 14.5 Å². The van der Waals surface area contributed by atoms with E-state index in [2.05, 4.69) is 20.4 Å². The first-order valence-corrected chi connectivity index (χ1v) is 20.9. The number of pyridine rings is 1. The first kappa shape index (κ1) is 45.9. The molecule has 1 atom stereocenters. The number of carbonyl (C=O) groups excluding carboxylic acids is 5. The van der Waals surface area contributed by atoms with Crippen molar-refractivity contribution in [3.05, 3.63) is 112 Å². The Morgan fingerprint density at radius 3 is 2.45 bits per heavy atom. The Kier molecular flexibility index (Phi) is 14.3. The minimum Gasteiger partial charge on any atom is -0.444 e. The highest BCUT2D eigenvalue weighted by molar-refractivity contribution is 6.07. The van der Waals surface area contributed by atoms with Crippen molar-refractivity contribution in [2.24, 2.45) is 12.8 Å². The third-order valence-electron chi connectivity index (χ3n) is 10.9. The minimum atomic E-state index is -4.35. The summed E-state index contributed by atoms with van der Waals surface area (Å²) in [5.74, 6) is -2.16. The number of rotatable bonds is 20. The molecule has 7 rings (SSSR count). The number of alkyl halides is 3. The molecule has 0 aliphatic heterocycles. The minimum absolute atomic E-state index is 0.0267. The van der Waals surface area contributed by atoms with E-state index in [4.69, 9.17) is 19.6 Å². The lowest BCUT2D eigenvalue weighted by molar-refractivity contribution is -0.134. The Labute approximate surface area is 368 Å². The smallest absolute Gasteiger partial charge is 0.389 e. The van der Waals surface area contributed by atoms with Crippen LogP contribution in [0.15, 0.2) is 82.5 Å². The lowest BCUT2D eigenvalue weighted by atomic mass is 9.92. The Hall–Kier alpha value is -7.06. The number of fused-ring (bicyclic) bond motifs is 1. The number of halogens is 3. The van der Waals surface area contributed by atoms with Crippen molar-refractivity contribution in [2.45, 2.75) is 70.0 Å². The number of imidazole rings is 1. The van der Waals surface area contributed by atoms with E-state index in [1.807, 2.05) is 18.2 Å². The Balaban J connectivity index is 0.830. The number of amides is 2. The average molecular weight is 899 g/mol. The quantitative estimate of drug-likeness (QED) is 0.0518. The Morgan fingerprint density at radius 2 is 1.72 bits per heavy atom. The van der Waals surface area contributed by atoms with Crippen LogP contribution in [-0.2, 0) is 39.0 Å². The Bertz CT molecular complexity index is 2790. The number of aromatic nitrogens is 6. The van der Waals surface area contributed by atoms with E-state index in [0.29, 0.717) is 74.4 Å². The predicted octanol–water partition coefficient (Wildman–Crippen LogP) is 5.91. The predicted molar refractivity (Wildman–Crippen MR) is 228 cm³/mol. The summed E-state index contributed by atoms with van der Waals surface area (Å²) >= 11 is 0. The van der Waals surface area contributed by atoms with Crippen LogP contribution in [0, 0.1) is 0 Å². The summed E-state index contributed by atoms with van der Waals surface area (Å²) < 4.78 is 59.3. The lowest BCUT2D eigenvalue weighted by Gasteiger charge is -2.21. The van der Waals surface area contributed by atoms with Crippen LogP contribution in [0.4, 0.5) is 18.9 Å². The summed E-state index contributed by atoms with van der Waals surface area (Å²) in [5, 5.41) is 6.74. The van der Waals surface area contributed by atoms with Crippen LogP contribution in [0.25, 0.3) is 28.2 Å². The molecule has 1 unspecified atom stereocenters. The molecule has 0 spiro atoms. The SMILES string of the molecule is Cn1c(=O)n(C2CCC(=O)CC2=O)c2cccc(CCCOCCOCCCC(=O)c3ccc(-n4cc(NC(=O)c5coc(-c6ccnc(CCC(F)(F)F)c6)n5)c(C(N)=O)n4)cc3)c21. The number of ether oxygens (including phenoxy) is 2. The number of benzene rings is 2. The molecule has 0 saturated heterocycles. The van der Waals surface area contributed by atoms with Crippen molar-refractivity contribution in [2.75, 3.05) is 31.7 Å². The summed E-state index contributed by atoms with van der Waals surface area (Å²) in [7, 11) is 1.69. The number of primary amides is 1. The van der Waals surface area contributed by atoms with Gasteiger partial charge in [-0.1, -0.05) is 12.1 Å². The maximum atomic E-state index is 13.2. The van der Waals surface area contributed by atoms with Crippen molar-refractivity contribution in [3.63, 3.8) is 0 Å². The van der Waals surface area contributed by atoms with E-state index < -0.39 is 30.5 Å². The van der Waals surface area contributed by atoms with E-state index in [-0.39, 0.29) is 77.4 Å². The normalized spacial score (nSPS) is 14.3. The highest BCUT2D eigenvalue weighted by Crippen LogP contribution is 2.29. The molecule has 340 valence electrons. The zero-order chi connectivity index (χ0) is 46.3. The standard InChI is InChI=1S/C45H45F3N8O9/c1-54-40-28(5-2-7-36(40)56(44(54)62)35-14-13-32(57)24-38(35)59)6-3-19-63-21-22-64-20-4-8-37(58)27-9-11-31(12-10-27)55-25-33(39(53-55)41(49)60)51-42(61)34-26-65-43(52-34)29-16-18-50-30(23-29)15-17-45(46,47)48/h2,5,7,9-12,16,18,23,25-26,35H,3-4,6,8,13-15,17,19-22,24H2,1H3,(H2,49,60)(H,51,61). The summed E-state index contributed by atoms with van der Waals surface area (Å²) in [5.41, 5.74) is 8.60. The van der Waals surface area contributed by atoms with Gasteiger partial charge in [0.25, 0.3) is 11.8 Å². The highest BCUT2D eigenvalue weighted by Gasteiger charge is 2.32. The van der Waals surface area contributed by atoms with Crippen molar-refractivity contribution in [1.82, 2.24) is 28.9 Å². The van der Waals surface area contributed by atoms with Crippen molar-refractivity contribution in [1.29, 1.82) is 0 Å². The number of nitrogens with zero attached hydrogens (tertiary/aromatic N) is 6. The van der Waals surface area contributed by atoms with E-state index in [1.54, 1.807) is 35.9 Å². The average Bonchev–Trinajstić information content (AvgIpc) is 4.01. The number of nitrogens with one attached hydrogen (secondary N) is 1. The van der Waals surface area contributed by atoms with Gasteiger partial charge in [-0.2, -0.15) is 18.3 Å². The Morgan fingerprint density at radius 1 is 0.969 bits per heavy atom. The van der Waals surface area contributed by atoms with Crippen LogP contribution in [0.5, 0.6) is 0 Å². The zero-order valence-corrected chi connectivity index (χ0v) is 35.3. The van der Waals surface area contributed by atoms with Gasteiger partial charge in [-0.15, -0.1) is 0 Å². The summed E-state index contributed by atoms with van der Waals surface area (Å²) in [4.78, 5) is 83.9. The molecule has 4 aromatic heterocycles. The number of hydrogen-bond donors (Lipinski definition) is 2. The summed E-state index contributed by atoms with van der Waals surface area (Å²) in [6.07, 6.45) is 0.513. The molecule has 2 aromatic carbocycles. The van der Waals surface area contributed by atoms with Gasteiger partial charge in [-0.05, 0) is 80.1 Å². The number of para-hydroxylation sites is 1. The van der Waals surface area contributed by atoms with Gasteiger partial charge in [0.2, 0.25) is 5.89 Å². The van der Waals surface area contributed by atoms with Crippen LogP contribution in [-0.4, -0.2) is 90.7 Å². The number of Topliss-reactive ketones (excluding diaryl/α,β-unsaturated/α-hetero) is 3. The van der Waals surface area contributed by atoms with Crippen molar-refractivity contribution >= 4 is 45.9 Å².